The number of ether oxygens (including phenoxy) is 1. The lowest BCUT2D eigenvalue weighted by molar-refractivity contribution is -0.141. The third kappa shape index (κ3) is 4.17. The lowest BCUT2D eigenvalue weighted by Gasteiger charge is -2.05. The number of nitrogens with one attached hydrogen (secondary N) is 1. The summed E-state index contributed by atoms with van der Waals surface area (Å²) in [5.74, 6) is -3.30. The molecule has 24 heavy (non-hydrogen) atoms. The molecule has 0 bridgehead atoms. The molecule has 8 heteroatoms. The number of hydrogen-bond donors (Lipinski definition) is 3. The van der Waals surface area contributed by atoms with Crippen LogP contribution in [-0.2, 0) is 11.2 Å². The van der Waals surface area contributed by atoms with E-state index in [1.54, 1.807) is 13.0 Å². The van der Waals surface area contributed by atoms with E-state index in [1.807, 2.05) is 0 Å². The van der Waals surface area contributed by atoms with Gasteiger partial charge < -0.3 is 15.6 Å². The van der Waals surface area contributed by atoms with Crippen molar-refractivity contribution in [1.29, 1.82) is 5.41 Å². The van der Waals surface area contributed by atoms with Crippen molar-refractivity contribution in [3.8, 4) is 5.75 Å². The first kappa shape index (κ1) is 17.6. The van der Waals surface area contributed by atoms with Gasteiger partial charge >= 0.3 is 11.9 Å². The first-order chi connectivity index (χ1) is 11.3. The molecule has 6 nitrogen and oxygen atoms in total. The van der Waals surface area contributed by atoms with Crippen LogP contribution in [0.3, 0.4) is 0 Å². The molecule has 0 fully saturated rings. The molecule has 4 N–H and O–H groups in total. The Morgan fingerprint density at radius 2 is 2.08 bits per heavy atom. The summed E-state index contributed by atoms with van der Waals surface area (Å²) in [5, 5.41) is 16.1. The standard InChI is InChI=1S/C16H15FN2O4S/c1-8(15(20)21)6-10-3-5-13(24-10)16(22)23-9-2-4-11(14(18)19)12(17)7-9/h2-5,7-8H,6H2,1H3,(H3,18,19)(H,20,21). The van der Waals surface area contributed by atoms with Gasteiger partial charge in [-0.3, -0.25) is 10.2 Å². The highest BCUT2D eigenvalue weighted by Gasteiger charge is 2.17. The molecule has 0 aliphatic rings. The molecule has 1 heterocycles. The quantitative estimate of drug-likeness (QED) is 0.321. The molecular formula is C16H15FN2O4S. The number of carbonyl (C=O) groups excluding carboxylic acids is 1. The largest absolute Gasteiger partial charge is 0.481 e. The second-order valence-electron chi connectivity index (χ2n) is 5.15. The minimum absolute atomic E-state index is 0.00338. The zero-order valence-corrected chi connectivity index (χ0v) is 13.5. The van der Waals surface area contributed by atoms with E-state index in [0.29, 0.717) is 11.3 Å². The third-order valence-corrected chi connectivity index (χ3v) is 4.32. The molecule has 0 radical (unpaired) electrons. The lowest BCUT2D eigenvalue weighted by atomic mass is 10.1. The van der Waals surface area contributed by atoms with E-state index in [1.165, 1.54) is 18.2 Å². The summed E-state index contributed by atoms with van der Waals surface area (Å²) in [6.45, 7) is 1.58. The summed E-state index contributed by atoms with van der Waals surface area (Å²) in [5.41, 5.74) is 5.14. The molecule has 1 aromatic carbocycles. The van der Waals surface area contributed by atoms with Gasteiger partial charge in [-0.05, 0) is 30.7 Å². The number of esters is 1. The number of thiophene rings is 1. The zero-order valence-electron chi connectivity index (χ0n) is 12.7. The second kappa shape index (κ2) is 7.22. The van der Waals surface area contributed by atoms with Crippen molar-refractivity contribution < 1.29 is 23.8 Å². The van der Waals surface area contributed by atoms with Gasteiger partial charge in [0.05, 0.1) is 11.5 Å². The van der Waals surface area contributed by atoms with Crippen molar-refractivity contribution in [3.63, 3.8) is 0 Å². The Morgan fingerprint density at radius 3 is 2.67 bits per heavy atom. The van der Waals surface area contributed by atoms with E-state index in [9.17, 15) is 14.0 Å². The summed E-state index contributed by atoms with van der Waals surface area (Å²) in [4.78, 5) is 23.9. The highest BCUT2D eigenvalue weighted by Crippen LogP contribution is 2.23. The lowest BCUT2D eigenvalue weighted by Crippen LogP contribution is -2.13. The van der Waals surface area contributed by atoms with E-state index < -0.39 is 29.5 Å². The van der Waals surface area contributed by atoms with E-state index >= 15 is 0 Å². The topological polar surface area (TPSA) is 113 Å². The number of nitrogens with two attached hydrogens (primary N) is 1. The van der Waals surface area contributed by atoms with Gasteiger partial charge in [-0.25, -0.2) is 9.18 Å². The van der Waals surface area contributed by atoms with Crippen LogP contribution >= 0.6 is 11.3 Å². The van der Waals surface area contributed by atoms with Gasteiger partial charge in [-0.2, -0.15) is 0 Å². The maximum Gasteiger partial charge on any atom is 0.353 e. The number of aliphatic carboxylic acids is 1. The average Bonchev–Trinajstić information content (AvgIpc) is 2.95. The van der Waals surface area contributed by atoms with Crippen molar-refractivity contribution in [2.24, 2.45) is 11.7 Å². The smallest absolute Gasteiger partial charge is 0.353 e. The van der Waals surface area contributed by atoms with Crippen LogP contribution in [0, 0.1) is 17.1 Å². The molecule has 0 aliphatic heterocycles. The number of nitrogen functional groups attached to an aromatic ring is 1. The van der Waals surface area contributed by atoms with Gasteiger partial charge in [0.1, 0.15) is 22.3 Å². The predicted octanol–water partition coefficient (Wildman–Crippen LogP) is 2.65. The fourth-order valence-electron chi connectivity index (χ4n) is 1.92. The van der Waals surface area contributed by atoms with Crippen LogP contribution in [0.25, 0.3) is 0 Å². The average molecular weight is 350 g/mol. The second-order valence-corrected chi connectivity index (χ2v) is 6.32. The molecular weight excluding hydrogens is 335 g/mol. The van der Waals surface area contributed by atoms with E-state index in [0.717, 1.165) is 22.3 Å². The molecule has 1 unspecified atom stereocenters. The fraction of sp³-hybridized carbons (Fsp3) is 0.188. The fourth-order valence-corrected chi connectivity index (χ4v) is 2.93. The van der Waals surface area contributed by atoms with E-state index in [4.69, 9.17) is 21.0 Å². The molecule has 2 aromatic rings. The molecule has 2 rings (SSSR count). The number of carboxylic acids is 1. The number of benzene rings is 1. The molecule has 0 amide bonds. The summed E-state index contributed by atoms with van der Waals surface area (Å²) in [6.07, 6.45) is 0.315. The van der Waals surface area contributed by atoms with Gasteiger partial charge in [0.15, 0.2) is 0 Å². The Bertz CT molecular complexity index is 803. The van der Waals surface area contributed by atoms with E-state index in [2.05, 4.69) is 0 Å². The van der Waals surface area contributed by atoms with Crippen LogP contribution in [0.15, 0.2) is 30.3 Å². The van der Waals surface area contributed by atoms with Crippen LogP contribution in [0.1, 0.15) is 27.0 Å². The van der Waals surface area contributed by atoms with E-state index in [-0.39, 0.29) is 11.3 Å². The molecule has 0 saturated carbocycles. The van der Waals surface area contributed by atoms with Crippen LogP contribution in [0.4, 0.5) is 4.39 Å². The van der Waals surface area contributed by atoms with Crippen LogP contribution in [0.5, 0.6) is 5.75 Å². The molecule has 0 spiro atoms. The number of halogens is 1. The summed E-state index contributed by atoms with van der Waals surface area (Å²) in [6, 6.07) is 6.79. The maximum atomic E-state index is 13.7. The monoisotopic (exact) mass is 350 g/mol. The van der Waals surface area contributed by atoms with Crippen LogP contribution in [0.2, 0.25) is 0 Å². The van der Waals surface area contributed by atoms with Gasteiger partial charge in [0.2, 0.25) is 0 Å². The Morgan fingerprint density at radius 1 is 1.38 bits per heavy atom. The molecule has 0 saturated heterocycles. The minimum Gasteiger partial charge on any atom is -0.481 e. The normalized spacial score (nSPS) is 11.8. The molecule has 126 valence electrons. The van der Waals surface area contributed by atoms with Gasteiger partial charge in [-0.1, -0.05) is 6.92 Å². The number of amidine groups is 1. The Balaban J connectivity index is 2.08. The summed E-state index contributed by atoms with van der Waals surface area (Å²) < 4.78 is 18.8. The zero-order chi connectivity index (χ0) is 17.9. The van der Waals surface area contributed by atoms with Crippen molar-refractivity contribution in [2.45, 2.75) is 13.3 Å². The summed E-state index contributed by atoms with van der Waals surface area (Å²) in [7, 11) is 0. The summed E-state index contributed by atoms with van der Waals surface area (Å²) >= 11 is 1.13. The maximum absolute atomic E-state index is 13.7. The van der Waals surface area contributed by atoms with Crippen LogP contribution in [-0.4, -0.2) is 22.9 Å². The Hall–Kier alpha value is -2.74. The predicted molar refractivity (Wildman–Crippen MR) is 87.2 cm³/mol. The van der Waals surface area contributed by atoms with Gasteiger partial charge in [-0.15, -0.1) is 11.3 Å². The Labute approximate surface area is 141 Å². The SMILES string of the molecule is CC(Cc1ccc(C(=O)Oc2ccc(C(=N)N)c(F)c2)s1)C(=O)O. The Kier molecular flexibility index (Phi) is 5.30. The number of carbonyl (C=O) groups is 2. The number of hydrogen-bond acceptors (Lipinski definition) is 5. The minimum atomic E-state index is -0.909. The number of carboxylic acid groups (broad SMARTS) is 1. The molecule has 1 aromatic heterocycles. The van der Waals surface area contributed by atoms with Crippen LogP contribution < -0.4 is 10.5 Å². The highest BCUT2D eigenvalue weighted by molar-refractivity contribution is 7.13. The first-order valence-electron chi connectivity index (χ1n) is 6.95. The van der Waals surface area contributed by atoms with Crippen molar-refractivity contribution in [2.75, 3.05) is 0 Å². The van der Waals surface area contributed by atoms with Crippen molar-refractivity contribution in [3.05, 3.63) is 51.5 Å². The highest BCUT2D eigenvalue weighted by atomic mass is 32.1. The van der Waals surface area contributed by atoms with Gasteiger partial charge in [0.25, 0.3) is 0 Å². The first-order valence-corrected chi connectivity index (χ1v) is 7.77. The van der Waals surface area contributed by atoms with Gasteiger partial charge in [0, 0.05) is 10.9 Å². The van der Waals surface area contributed by atoms with Crippen molar-refractivity contribution in [1.82, 2.24) is 0 Å². The van der Waals surface area contributed by atoms with Crippen molar-refractivity contribution >= 4 is 29.1 Å². The molecule has 0 aliphatic carbocycles. The number of rotatable bonds is 6. The molecule has 1 atom stereocenters. The third-order valence-electron chi connectivity index (χ3n) is 3.23.